The normalized spacial score (nSPS) is 30.3. The Morgan fingerprint density at radius 1 is 1.00 bits per heavy atom. The van der Waals surface area contributed by atoms with Crippen LogP contribution in [0.5, 0.6) is 0 Å². The van der Waals surface area contributed by atoms with Crippen molar-refractivity contribution in [3.8, 4) is 0 Å². The van der Waals surface area contributed by atoms with Crippen molar-refractivity contribution in [3.63, 3.8) is 0 Å². The maximum absolute atomic E-state index is 11.9. The van der Waals surface area contributed by atoms with Gasteiger partial charge in [0.05, 0.1) is 11.6 Å². The standard InChI is InChI=1S/C23H23NO3/c1-12(25)15-8-9-19-18(11-15)20-16-6-7-17(10-16)21(20)22(24-19)13-2-4-14(5-3-13)23(26)27/h2-5,8-9,11,16-17,20-22,24H,6-7,10H2,1H3,(H,26,27)/t16-,17-,20-,21-,22+/m0/s1. The third-order valence-corrected chi connectivity index (χ3v) is 7.01. The van der Waals surface area contributed by atoms with Crippen LogP contribution in [0.15, 0.2) is 42.5 Å². The van der Waals surface area contributed by atoms with E-state index in [4.69, 9.17) is 0 Å². The Bertz CT molecular complexity index is 933. The first kappa shape index (κ1) is 16.5. The number of carbonyl (C=O) groups is 2. The summed E-state index contributed by atoms with van der Waals surface area (Å²) in [6, 6.07) is 13.6. The molecule has 2 fully saturated rings. The lowest BCUT2D eigenvalue weighted by molar-refractivity contribution is 0.0696. The summed E-state index contributed by atoms with van der Waals surface area (Å²) in [7, 11) is 0. The van der Waals surface area contributed by atoms with E-state index in [9.17, 15) is 14.7 Å². The number of carboxylic acid groups (broad SMARTS) is 1. The van der Waals surface area contributed by atoms with E-state index in [2.05, 4.69) is 11.4 Å². The smallest absolute Gasteiger partial charge is 0.335 e. The van der Waals surface area contributed by atoms with E-state index in [1.807, 2.05) is 24.3 Å². The summed E-state index contributed by atoms with van der Waals surface area (Å²) in [5.74, 6) is 1.62. The summed E-state index contributed by atoms with van der Waals surface area (Å²) in [6.07, 6.45) is 3.82. The fourth-order valence-electron chi connectivity index (χ4n) is 5.87. The maximum Gasteiger partial charge on any atom is 0.335 e. The van der Waals surface area contributed by atoms with Crippen LogP contribution in [-0.4, -0.2) is 16.9 Å². The number of carbonyl (C=O) groups excluding carboxylic acids is 1. The average molecular weight is 361 g/mol. The minimum Gasteiger partial charge on any atom is -0.478 e. The first-order valence-corrected chi connectivity index (χ1v) is 9.77. The Balaban J connectivity index is 1.58. The molecule has 2 aliphatic carbocycles. The summed E-state index contributed by atoms with van der Waals surface area (Å²) in [5, 5.41) is 12.9. The third kappa shape index (κ3) is 2.50. The molecule has 0 radical (unpaired) electrons. The molecule has 2 aromatic rings. The van der Waals surface area contributed by atoms with Crippen molar-refractivity contribution >= 4 is 17.4 Å². The van der Waals surface area contributed by atoms with Crippen molar-refractivity contribution in [2.24, 2.45) is 17.8 Å². The van der Waals surface area contributed by atoms with Crippen molar-refractivity contribution in [2.45, 2.75) is 38.1 Å². The fraction of sp³-hybridized carbons (Fsp3) is 0.391. The lowest BCUT2D eigenvalue weighted by Crippen LogP contribution is -2.35. The van der Waals surface area contributed by atoms with E-state index >= 15 is 0 Å². The van der Waals surface area contributed by atoms with Gasteiger partial charge in [-0.25, -0.2) is 4.79 Å². The minimum atomic E-state index is -0.891. The predicted octanol–water partition coefficient (Wildman–Crippen LogP) is 4.88. The van der Waals surface area contributed by atoms with E-state index in [1.165, 1.54) is 24.8 Å². The van der Waals surface area contributed by atoms with Crippen LogP contribution in [0.3, 0.4) is 0 Å². The molecular formula is C23H23NO3. The Kier molecular flexibility index (Phi) is 3.64. The van der Waals surface area contributed by atoms with E-state index in [1.54, 1.807) is 19.1 Å². The lowest BCUT2D eigenvalue weighted by atomic mass is 9.68. The molecule has 2 saturated carbocycles. The second kappa shape index (κ2) is 5.95. The Morgan fingerprint density at radius 2 is 1.70 bits per heavy atom. The van der Waals surface area contributed by atoms with E-state index in [0.717, 1.165) is 16.8 Å². The van der Waals surface area contributed by atoms with Gasteiger partial charge in [-0.2, -0.15) is 0 Å². The summed E-state index contributed by atoms with van der Waals surface area (Å²) >= 11 is 0. The minimum absolute atomic E-state index is 0.115. The van der Waals surface area contributed by atoms with Crippen LogP contribution >= 0.6 is 0 Å². The van der Waals surface area contributed by atoms with Gasteiger partial charge in [0.15, 0.2) is 5.78 Å². The number of Topliss-reactive ketones (excluding diaryl/α,β-unsaturated/α-hetero) is 1. The highest BCUT2D eigenvalue weighted by atomic mass is 16.4. The summed E-state index contributed by atoms with van der Waals surface area (Å²) in [6.45, 7) is 1.63. The molecule has 4 nitrogen and oxygen atoms in total. The monoisotopic (exact) mass is 361 g/mol. The van der Waals surface area contributed by atoms with Gasteiger partial charge in [-0.05, 0) is 91.3 Å². The topological polar surface area (TPSA) is 66.4 Å². The molecule has 2 aromatic carbocycles. The molecule has 4 heteroatoms. The van der Waals surface area contributed by atoms with Gasteiger partial charge in [0.25, 0.3) is 0 Å². The van der Waals surface area contributed by atoms with Crippen molar-refractivity contribution in [1.29, 1.82) is 0 Å². The summed E-state index contributed by atoms with van der Waals surface area (Å²) < 4.78 is 0. The molecule has 3 aliphatic rings. The van der Waals surface area contributed by atoms with Crippen molar-refractivity contribution in [1.82, 2.24) is 0 Å². The number of anilines is 1. The van der Waals surface area contributed by atoms with Gasteiger partial charge in [-0.3, -0.25) is 4.79 Å². The number of nitrogens with one attached hydrogen (secondary N) is 1. The Labute approximate surface area is 158 Å². The van der Waals surface area contributed by atoms with Gasteiger partial charge in [0, 0.05) is 11.3 Å². The molecule has 1 aliphatic heterocycles. The lowest BCUT2D eigenvalue weighted by Gasteiger charge is -2.43. The van der Waals surface area contributed by atoms with Gasteiger partial charge >= 0.3 is 5.97 Å². The first-order valence-electron chi connectivity index (χ1n) is 9.77. The molecule has 0 amide bonds. The summed E-state index contributed by atoms with van der Waals surface area (Å²) in [5.41, 5.74) is 4.70. The van der Waals surface area contributed by atoms with Crippen molar-refractivity contribution in [2.75, 3.05) is 5.32 Å². The number of carboxylic acids is 1. The zero-order valence-corrected chi connectivity index (χ0v) is 15.3. The van der Waals surface area contributed by atoms with E-state index in [-0.39, 0.29) is 11.8 Å². The molecule has 27 heavy (non-hydrogen) atoms. The van der Waals surface area contributed by atoms with Crippen LogP contribution in [0.2, 0.25) is 0 Å². The number of aromatic carboxylic acids is 1. The molecule has 5 rings (SSSR count). The number of hydrogen-bond acceptors (Lipinski definition) is 3. The van der Waals surface area contributed by atoms with Crippen molar-refractivity contribution in [3.05, 3.63) is 64.7 Å². The molecule has 2 N–H and O–H groups in total. The number of benzene rings is 2. The van der Waals surface area contributed by atoms with E-state index < -0.39 is 5.97 Å². The zero-order valence-electron chi connectivity index (χ0n) is 15.3. The van der Waals surface area contributed by atoms with Crippen LogP contribution in [0.25, 0.3) is 0 Å². The Hall–Kier alpha value is -2.62. The molecule has 0 spiro atoms. The average Bonchev–Trinajstić information content (AvgIpc) is 3.29. The highest BCUT2D eigenvalue weighted by Gasteiger charge is 2.53. The van der Waals surface area contributed by atoms with Gasteiger partial charge in [0.2, 0.25) is 0 Å². The highest BCUT2D eigenvalue weighted by molar-refractivity contribution is 5.95. The van der Waals surface area contributed by atoms with Gasteiger partial charge < -0.3 is 10.4 Å². The van der Waals surface area contributed by atoms with Crippen LogP contribution < -0.4 is 5.32 Å². The maximum atomic E-state index is 11.9. The molecule has 138 valence electrons. The van der Waals surface area contributed by atoms with Crippen molar-refractivity contribution < 1.29 is 14.7 Å². The van der Waals surface area contributed by atoms with E-state index in [0.29, 0.717) is 29.2 Å². The second-order valence-electron chi connectivity index (χ2n) is 8.34. The quantitative estimate of drug-likeness (QED) is 0.765. The summed E-state index contributed by atoms with van der Waals surface area (Å²) in [4.78, 5) is 23.1. The first-order chi connectivity index (χ1) is 13.0. The van der Waals surface area contributed by atoms with Gasteiger partial charge in [-0.1, -0.05) is 12.1 Å². The predicted molar refractivity (Wildman–Crippen MR) is 103 cm³/mol. The zero-order chi connectivity index (χ0) is 18.7. The fourth-order valence-corrected chi connectivity index (χ4v) is 5.87. The van der Waals surface area contributed by atoms with Gasteiger partial charge in [0.1, 0.15) is 0 Å². The number of hydrogen-bond donors (Lipinski definition) is 2. The third-order valence-electron chi connectivity index (χ3n) is 7.01. The molecule has 0 aromatic heterocycles. The number of ketones is 1. The van der Waals surface area contributed by atoms with Crippen LogP contribution in [0.4, 0.5) is 5.69 Å². The van der Waals surface area contributed by atoms with Crippen LogP contribution in [0.1, 0.15) is 70.0 Å². The molecular weight excluding hydrogens is 338 g/mol. The second-order valence-corrected chi connectivity index (χ2v) is 8.34. The Morgan fingerprint density at radius 3 is 2.41 bits per heavy atom. The van der Waals surface area contributed by atoms with Crippen LogP contribution in [-0.2, 0) is 0 Å². The molecule has 0 saturated heterocycles. The largest absolute Gasteiger partial charge is 0.478 e. The highest BCUT2D eigenvalue weighted by Crippen LogP contribution is 2.63. The van der Waals surface area contributed by atoms with Gasteiger partial charge in [-0.15, -0.1) is 0 Å². The molecule has 0 unspecified atom stereocenters. The van der Waals surface area contributed by atoms with Crippen LogP contribution in [0, 0.1) is 17.8 Å². The number of rotatable bonds is 3. The molecule has 2 bridgehead atoms. The SMILES string of the molecule is CC(=O)c1ccc2c(c1)[C@@H]1[C@H]3CC[C@@H](C3)[C@@H]1[C@@H](c1ccc(C(=O)O)cc1)N2. The molecule has 1 heterocycles. The molecule has 5 atom stereocenters. The number of fused-ring (bicyclic) bond motifs is 7.